The Hall–Kier alpha value is -2.33. The second kappa shape index (κ2) is 7.01. The molecule has 27 heavy (non-hydrogen) atoms. The van der Waals surface area contributed by atoms with Crippen molar-refractivity contribution in [1.29, 1.82) is 0 Å². The van der Waals surface area contributed by atoms with Gasteiger partial charge in [-0.15, -0.1) is 0 Å². The van der Waals surface area contributed by atoms with Crippen LogP contribution in [0.1, 0.15) is 43.7 Å². The zero-order valence-electron chi connectivity index (χ0n) is 16.0. The molecule has 2 aromatic rings. The molecule has 4 rings (SSSR count). The number of hydrogen-bond acceptors (Lipinski definition) is 3. The summed E-state index contributed by atoms with van der Waals surface area (Å²) in [5.74, 6) is 0.0759. The van der Waals surface area contributed by atoms with Gasteiger partial charge in [0.25, 0.3) is 0 Å². The number of carbonyl (C=O) groups excluding carboxylic acids is 1. The van der Waals surface area contributed by atoms with Crippen molar-refractivity contribution in [2.24, 2.45) is 5.41 Å². The van der Waals surface area contributed by atoms with E-state index in [2.05, 4.69) is 50.2 Å². The number of likely N-dealkylation sites (tertiary alicyclic amines) is 1. The molecule has 0 radical (unpaired) electrons. The molecule has 0 aromatic heterocycles. The van der Waals surface area contributed by atoms with E-state index in [4.69, 9.17) is 4.74 Å². The number of carbonyl (C=O) groups is 1. The van der Waals surface area contributed by atoms with Crippen LogP contribution in [0.3, 0.4) is 0 Å². The Bertz CT molecular complexity index is 800. The summed E-state index contributed by atoms with van der Waals surface area (Å²) in [6, 6.07) is 16.7. The van der Waals surface area contributed by atoms with Gasteiger partial charge in [-0.2, -0.15) is 0 Å². The Morgan fingerprint density at radius 2 is 1.70 bits per heavy atom. The molecule has 2 aliphatic rings. The highest BCUT2D eigenvalue weighted by molar-refractivity contribution is 5.79. The Labute approximate surface area is 160 Å². The van der Waals surface area contributed by atoms with Crippen LogP contribution < -0.4 is 0 Å². The number of amides is 1. The summed E-state index contributed by atoms with van der Waals surface area (Å²) < 4.78 is 5.77. The van der Waals surface area contributed by atoms with Gasteiger partial charge < -0.3 is 14.7 Å². The van der Waals surface area contributed by atoms with Crippen molar-refractivity contribution in [2.75, 3.05) is 19.7 Å². The van der Waals surface area contributed by atoms with Gasteiger partial charge in [-0.3, -0.25) is 0 Å². The fourth-order valence-corrected chi connectivity index (χ4v) is 4.55. The third-order valence-corrected chi connectivity index (χ3v) is 5.73. The minimum absolute atomic E-state index is 0.0759. The summed E-state index contributed by atoms with van der Waals surface area (Å²) >= 11 is 0. The summed E-state index contributed by atoms with van der Waals surface area (Å²) in [6.45, 7) is 5.67. The van der Waals surface area contributed by atoms with Crippen LogP contribution in [0.2, 0.25) is 0 Å². The van der Waals surface area contributed by atoms with E-state index in [9.17, 15) is 9.90 Å². The van der Waals surface area contributed by atoms with Crippen LogP contribution in [0.25, 0.3) is 11.1 Å². The van der Waals surface area contributed by atoms with Crippen molar-refractivity contribution in [3.8, 4) is 11.1 Å². The second-order valence-electron chi connectivity index (χ2n) is 8.54. The number of rotatable bonds is 2. The monoisotopic (exact) mass is 365 g/mol. The van der Waals surface area contributed by atoms with E-state index < -0.39 is 0 Å². The van der Waals surface area contributed by atoms with E-state index in [1.165, 1.54) is 22.3 Å². The minimum atomic E-state index is -0.355. The summed E-state index contributed by atoms with van der Waals surface area (Å²) in [7, 11) is 0. The topological polar surface area (TPSA) is 49.8 Å². The normalized spacial score (nSPS) is 21.3. The molecule has 1 aliphatic heterocycles. The van der Waals surface area contributed by atoms with Crippen LogP contribution in [0.15, 0.2) is 48.5 Å². The van der Waals surface area contributed by atoms with Crippen LogP contribution >= 0.6 is 0 Å². The predicted octanol–water partition coefficient (Wildman–Crippen LogP) is 4.42. The van der Waals surface area contributed by atoms with Gasteiger partial charge in [0.15, 0.2) is 0 Å². The molecular weight excluding hydrogens is 338 g/mol. The Kier molecular flexibility index (Phi) is 4.68. The number of ether oxygens (including phenoxy) is 1. The highest BCUT2D eigenvalue weighted by atomic mass is 16.6. The Morgan fingerprint density at radius 3 is 2.33 bits per heavy atom. The van der Waals surface area contributed by atoms with Gasteiger partial charge in [0, 0.05) is 19.0 Å². The third-order valence-electron chi connectivity index (χ3n) is 5.73. The largest absolute Gasteiger partial charge is 0.448 e. The molecule has 1 amide bonds. The van der Waals surface area contributed by atoms with E-state index in [0.717, 1.165) is 0 Å². The smallest absolute Gasteiger partial charge is 0.409 e. The van der Waals surface area contributed by atoms with Gasteiger partial charge in [0.05, 0.1) is 6.10 Å². The molecule has 1 atom stereocenters. The molecule has 1 saturated heterocycles. The average Bonchev–Trinajstić information content (AvgIpc) is 2.88. The Morgan fingerprint density at radius 1 is 1.11 bits per heavy atom. The average molecular weight is 365 g/mol. The maximum Gasteiger partial charge on any atom is 0.409 e. The molecule has 2 aromatic carbocycles. The standard InChI is InChI=1S/C23H27NO3/c1-23(2)13-16(25)11-12-24(15-23)22(26)27-14-21-19-9-5-3-7-17(19)18-8-4-6-10-20(18)21/h3-10,16,21,25H,11-15H2,1-2H3. The van der Waals surface area contributed by atoms with Crippen molar-refractivity contribution in [1.82, 2.24) is 4.90 Å². The molecule has 0 saturated carbocycles. The van der Waals surface area contributed by atoms with Gasteiger partial charge in [-0.05, 0) is 40.5 Å². The molecule has 0 bridgehead atoms. The van der Waals surface area contributed by atoms with E-state index >= 15 is 0 Å². The van der Waals surface area contributed by atoms with E-state index in [1.54, 1.807) is 4.90 Å². The third kappa shape index (κ3) is 3.59. The predicted molar refractivity (Wildman–Crippen MR) is 106 cm³/mol. The lowest BCUT2D eigenvalue weighted by Crippen LogP contribution is -2.38. The van der Waals surface area contributed by atoms with Crippen LogP contribution in [0.5, 0.6) is 0 Å². The lowest BCUT2D eigenvalue weighted by atomic mass is 9.87. The van der Waals surface area contributed by atoms with Gasteiger partial charge in [-0.25, -0.2) is 4.79 Å². The Balaban J connectivity index is 1.49. The van der Waals surface area contributed by atoms with Gasteiger partial charge >= 0.3 is 6.09 Å². The van der Waals surface area contributed by atoms with Crippen LogP contribution in [-0.4, -0.2) is 41.9 Å². The number of fused-ring (bicyclic) bond motifs is 3. The van der Waals surface area contributed by atoms with Crippen LogP contribution in [-0.2, 0) is 4.74 Å². The number of nitrogens with zero attached hydrogens (tertiary/aromatic N) is 1. The van der Waals surface area contributed by atoms with E-state index in [-0.39, 0.29) is 23.5 Å². The lowest BCUT2D eigenvalue weighted by molar-refractivity contribution is 0.0881. The number of benzene rings is 2. The first-order valence-corrected chi connectivity index (χ1v) is 9.73. The number of hydrogen-bond donors (Lipinski definition) is 1. The minimum Gasteiger partial charge on any atom is -0.448 e. The molecule has 1 unspecified atom stereocenters. The summed E-state index contributed by atoms with van der Waals surface area (Å²) in [5, 5.41) is 10.1. The van der Waals surface area contributed by atoms with Crippen molar-refractivity contribution >= 4 is 6.09 Å². The summed E-state index contributed by atoms with van der Waals surface area (Å²) in [4.78, 5) is 14.5. The molecule has 0 spiro atoms. The van der Waals surface area contributed by atoms with Gasteiger partial charge in [0.1, 0.15) is 6.61 Å². The SMILES string of the molecule is CC1(C)CC(O)CCN(C(=O)OCC2c3ccccc3-c3ccccc32)C1. The van der Waals surface area contributed by atoms with Gasteiger partial charge in [0.2, 0.25) is 0 Å². The maximum atomic E-state index is 12.7. The quantitative estimate of drug-likeness (QED) is 0.857. The molecular formula is C23H27NO3. The molecule has 1 N–H and O–H groups in total. The number of aliphatic hydroxyl groups excluding tert-OH is 1. The zero-order chi connectivity index (χ0) is 19.0. The van der Waals surface area contributed by atoms with E-state index in [0.29, 0.717) is 32.5 Å². The van der Waals surface area contributed by atoms with Crippen molar-refractivity contribution in [3.63, 3.8) is 0 Å². The first kappa shape index (κ1) is 18.1. The zero-order valence-corrected chi connectivity index (χ0v) is 16.0. The maximum absolute atomic E-state index is 12.7. The summed E-state index contributed by atoms with van der Waals surface area (Å²) in [5.41, 5.74) is 4.79. The van der Waals surface area contributed by atoms with E-state index in [1.807, 2.05) is 12.1 Å². The fraction of sp³-hybridized carbons (Fsp3) is 0.435. The van der Waals surface area contributed by atoms with Crippen LogP contribution in [0, 0.1) is 5.41 Å². The second-order valence-corrected chi connectivity index (χ2v) is 8.54. The molecule has 1 heterocycles. The fourth-order valence-electron chi connectivity index (χ4n) is 4.55. The first-order chi connectivity index (χ1) is 12.9. The van der Waals surface area contributed by atoms with Crippen molar-refractivity contribution in [3.05, 3.63) is 59.7 Å². The number of aliphatic hydroxyl groups is 1. The first-order valence-electron chi connectivity index (χ1n) is 9.73. The molecule has 4 heteroatoms. The van der Waals surface area contributed by atoms with Gasteiger partial charge in [-0.1, -0.05) is 62.4 Å². The molecule has 1 aliphatic carbocycles. The van der Waals surface area contributed by atoms with Crippen molar-refractivity contribution in [2.45, 2.75) is 38.7 Å². The highest BCUT2D eigenvalue weighted by Gasteiger charge is 2.33. The molecule has 4 nitrogen and oxygen atoms in total. The highest BCUT2D eigenvalue weighted by Crippen LogP contribution is 2.44. The van der Waals surface area contributed by atoms with Crippen LogP contribution in [0.4, 0.5) is 4.79 Å². The van der Waals surface area contributed by atoms with Crippen molar-refractivity contribution < 1.29 is 14.6 Å². The molecule has 142 valence electrons. The summed E-state index contributed by atoms with van der Waals surface area (Å²) in [6.07, 6.45) is 0.679. The lowest BCUT2D eigenvalue weighted by Gasteiger charge is -2.29. The molecule has 1 fully saturated rings.